The van der Waals surface area contributed by atoms with Crippen LogP contribution in [-0.4, -0.2) is 29.6 Å². The van der Waals surface area contributed by atoms with E-state index in [2.05, 4.69) is 37.4 Å². The number of hydrogen-bond donors (Lipinski definition) is 1. The quantitative estimate of drug-likeness (QED) is 0.751. The van der Waals surface area contributed by atoms with E-state index in [0.717, 1.165) is 28.9 Å². The van der Waals surface area contributed by atoms with Gasteiger partial charge in [0.25, 0.3) is 0 Å². The average molecular weight is 304 g/mol. The molecular weight excluding hydrogens is 280 g/mol. The van der Waals surface area contributed by atoms with Crippen LogP contribution in [0.3, 0.4) is 0 Å². The molecule has 1 atom stereocenters. The van der Waals surface area contributed by atoms with E-state index in [1.54, 1.807) is 7.11 Å². The molecule has 0 saturated carbocycles. The maximum Gasteiger partial charge on any atom is 0.145 e. The van der Waals surface area contributed by atoms with Crippen molar-refractivity contribution in [3.63, 3.8) is 0 Å². The van der Waals surface area contributed by atoms with Crippen molar-refractivity contribution in [3.8, 4) is 5.75 Å². The molecule has 114 valence electrons. The predicted molar refractivity (Wildman–Crippen MR) is 92.2 cm³/mol. The Balaban J connectivity index is 1.99. The zero-order valence-corrected chi connectivity index (χ0v) is 13.9. The SMILES string of the molecule is CCSCCC(C)NCc1ccc2cccc(OC)c2n1. The van der Waals surface area contributed by atoms with Gasteiger partial charge in [-0.15, -0.1) is 0 Å². The largest absolute Gasteiger partial charge is 0.494 e. The lowest BCUT2D eigenvalue weighted by atomic mass is 10.2. The summed E-state index contributed by atoms with van der Waals surface area (Å²) in [6.07, 6.45) is 1.19. The molecule has 3 nitrogen and oxygen atoms in total. The van der Waals surface area contributed by atoms with Crippen LogP contribution in [0.4, 0.5) is 0 Å². The highest BCUT2D eigenvalue weighted by molar-refractivity contribution is 7.99. The third-order valence-corrected chi connectivity index (χ3v) is 4.42. The summed E-state index contributed by atoms with van der Waals surface area (Å²) >= 11 is 1.99. The van der Waals surface area contributed by atoms with Gasteiger partial charge in [-0.3, -0.25) is 0 Å². The van der Waals surface area contributed by atoms with Crippen LogP contribution in [0.5, 0.6) is 5.75 Å². The molecule has 2 aromatic rings. The Morgan fingerprint density at radius 2 is 2.14 bits per heavy atom. The van der Waals surface area contributed by atoms with E-state index in [9.17, 15) is 0 Å². The Morgan fingerprint density at radius 1 is 1.29 bits per heavy atom. The third kappa shape index (κ3) is 4.61. The van der Waals surface area contributed by atoms with Crippen molar-refractivity contribution in [2.75, 3.05) is 18.6 Å². The Bertz CT molecular complexity index is 574. The van der Waals surface area contributed by atoms with Gasteiger partial charge < -0.3 is 10.1 Å². The van der Waals surface area contributed by atoms with Crippen molar-refractivity contribution in [1.82, 2.24) is 10.3 Å². The summed E-state index contributed by atoms with van der Waals surface area (Å²) < 4.78 is 5.39. The van der Waals surface area contributed by atoms with Crippen LogP contribution in [0, 0.1) is 0 Å². The lowest BCUT2D eigenvalue weighted by molar-refractivity contribution is 0.418. The minimum absolute atomic E-state index is 0.513. The lowest BCUT2D eigenvalue weighted by Gasteiger charge is -2.13. The smallest absolute Gasteiger partial charge is 0.145 e. The highest BCUT2D eigenvalue weighted by Crippen LogP contribution is 2.23. The van der Waals surface area contributed by atoms with Crippen LogP contribution in [0.1, 0.15) is 26.0 Å². The fourth-order valence-electron chi connectivity index (χ4n) is 2.21. The van der Waals surface area contributed by atoms with Gasteiger partial charge in [0.15, 0.2) is 0 Å². The van der Waals surface area contributed by atoms with Crippen LogP contribution in [0.15, 0.2) is 30.3 Å². The number of fused-ring (bicyclic) bond motifs is 1. The number of rotatable bonds is 8. The number of thioether (sulfide) groups is 1. The van der Waals surface area contributed by atoms with E-state index in [1.165, 1.54) is 17.9 Å². The molecule has 1 aromatic carbocycles. The molecule has 21 heavy (non-hydrogen) atoms. The first-order valence-electron chi connectivity index (χ1n) is 7.48. The highest BCUT2D eigenvalue weighted by atomic mass is 32.2. The number of benzene rings is 1. The first-order chi connectivity index (χ1) is 10.2. The summed E-state index contributed by atoms with van der Waals surface area (Å²) in [4.78, 5) is 4.72. The highest BCUT2D eigenvalue weighted by Gasteiger charge is 2.06. The number of methoxy groups -OCH3 is 1. The minimum atomic E-state index is 0.513. The molecule has 1 heterocycles. The predicted octanol–water partition coefficient (Wildman–Crippen LogP) is 3.86. The molecule has 0 fully saturated rings. The molecule has 1 aromatic heterocycles. The van der Waals surface area contributed by atoms with Crippen molar-refractivity contribution in [2.45, 2.75) is 32.9 Å². The van der Waals surface area contributed by atoms with Crippen molar-refractivity contribution < 1.29 is 4.74 Å². The molecule has 0 saturated heterocycles. The fraction of sp³-hybridized carbons (Fsp3) is 0.471. The van der Waals surface area contributed by atoms with Crippen molar-refractivity contribution in [3.05, 3.63) is 36.0 Å². The van der Waals surface area contributed by atoms with Gasteiger partial charge in [-0.1, -0.05) is 25.1 Å². The zero-order valence-electron chi connectivity index (χ0n) is 13.1. The standard InChI is InChI=1S/C17H24N2OS/c1-4-21-11-10-13(2)18-12-15-9-8-14-6-5-7-16(20-3)17(14)19-15/h5-9,13,18H,4,10-12H2,1-3H3. The van der Waals surface area contributed by atoms with Gasteiger partial charge >= 0.3 is 0 Å². The van der Waals surface area contributed by atoms with Crippen LogP contribution in [0.2, 0.25) is 0 Å². The molecule has 2 rings (SSSR count). The number of para-hydroxylation sites is 1. The summed E-state index contributed by atoms with van der Waals surface area (Å²) in [5.41, 5.74) is 2.00. The topological polar surface area (TPSA) is 34.1 Å². The second-order valence-electron chi connectivity index (χ2n) is 5.10. The average Bonchev–Trinajstić information content (AvgIpc) is 2.52. The molecule has 0 aliphatic carbocycles. The number of nitrogens with zero attached hydrogens (tertiary/aromatic N) is 1. The van der Waals surface area contributed by atoms with E-state index in [0.29, 0.717) is 6.04 Å². The number of pyridine rings is 1. The van der Waals surface area contributed by atoms with Gasteiger partial charge in [-0.2, -0.15) is 11.8 Å². The van der Waals surface area contributed by atoms with E-state index in [1.807, 2.05) is 23.9 Å². The molecular formula is C17H24N2OS. The summed E-state index contributed by atoms with van der Waals surface area (Å²) in [5.74, 6) is 3.24. The molecule has 0 amide bonds. The number of nitrogens with one attached hydrogen (secondary N) is 1. The van der Waals surface area contributed by atoms with Gasteiger partial charge in [0.05, 0.1) is 12.8 Å². The summed E-state index contributed by atoms with van der Waals surface area (Å²) in [7, 11) is 1.69. The maximum atomic E-state index is 5.39. The maximum absolute atomic E-state index is 5.39. The van der Waals surface area contributed by atoms with Crippen LogP contribution in [-0.2, 0) is 6.54 Å². The van der Waals surface area contributed by atoms with E-state index in [-0.39, 0.29) is 0 Å². The van der Waals surface area contributed by atoms with Crippen molar-refractivity contribution >= 4 is 22.7 Å². The van der Waals surface area contributed by atoms with Crippen LogP contribution < -0.4 is 10.1 Å². The monoisotopic (exact) mass is 304 g/mol. The van der Waals surface area contributed by atoms with E-state index >= 15 is 0 Å². The number of ether oxygens (including phenoxy) is 1. The van der Waals surface area contributed by atoms with Crippen LogP contribution >= 0.6 is 11.8 Å². The summed E-state index contributed by atoms with van der Waals surface area (Å²) in [6, 6.07) is 10.7. The lowest BCUT2D eigenvalue weighted by Crippen LogP contribution is -2.26. The Hall–Kier alpha value is -1.26. The van der Waals surface area contributed by atoms with Gasteiger partial charge in [0, 0.05) is 18.0 Å². The molecule has 1 unspecified atom stereocenters. The molecule has 0 bridgehead atoms. The molecule has 0 aliphatic rings. The minimum Gasteiger partial charge on any atom is -0.494 e. The second-order valence-corrected chi connectivity index (χ2v) is 6.50. The number of hydrogen-bond acceptors (Lipinski definition) is 4. The molecule has 0 radical (unpaired) electrons. The van der Waals surface area contributed by atoms with Gasteiger partial charge in [-0.25, -0.2) is 4.98 Å². The van der Waals surface area contributed by atoms with E-state index in [4.69, 9.17) is 9.72 Å². The van der Waals surface area contributed by atoms with E-state index < -0.39 is 0 Å². The molecule has 1 N–H and O–H groups in total. The van der Waals surface area contributed by atoms with Crippen LogP contribution in [0.25, 0.3) is 10.9 Å². The van der Waals surface area contributed by atoms with Gasteiger partial charge in [-0.05, 0) is 37.0 Å². The third-order valence-electron chi connectivity index (χ3n) is 3.49. The first-order valence-corrected chi connectivity index (χ1v) is 8.63. The Kier molecular flexibility index (Phi) is 6.33. The zero-order chi connectivity index (χ0) is 15.1. The summed E-state index contributed by atoms with van der Waals surface area (Å²) in [5, 5.41) is 4.66. The first kappa shape index (κ1) is 16.1. The Morgan fingerprint density at radius 3 is 2.90 bits per heavy atom. The number of aromatic nitrogens is 1. The normalized spacial score (nSPS) is 12.5. The van der Waals surface area contributed by atoms with Crippen molar-refractivity contribution in [1.29, 1.82) is 0 Å². The van der Waals surface area contributed by atoms with Gasteiger partial charge in [0.1, 0.15) is 11.3 Å². The van der Waals surface area contributed by atoms with Crippen molar-refractivity contribution in [2.24, 2.45) is 0 Å². The molecule has 0 spiro atoms. The molecule has 0 aliphatic heterocycles. The Labute approximate surface area is 131 Å². The second kappa shape index (κ2) is 8.25. The fourth-order valence-corrected chi connectivity index (χ4v) is 3.02. The van der Waals surface area contributed by atoms with Gasteiger partial charge in [0.2, 0.25) is 0 Å². The molecule has 4 heteroatoms. The summed E-state index contributed by atoms with van der Waals surface area (Å²) in [6.45, 7) is 5.24.